The number of nitrogens with zero attached hydrogens (tertiary/aromatic N) is 2. The van der Waals surface area contributed by atoms with Crippen LogP contribution >= 0.6 is 0 Å². The number of hydrogen-bond donors (Lipinski definition) is 0. The van der Waals surface area contributed by atoms with E-state index in [9.17, 15) is 9.59 Å². The lowest BCUT2D eigenvalue weighted by Crippen LogP contribution is -2.00. The van der Waals surface area contributed by atoms with Gasteiger partial charge in [-0.1, -0.05) is 6.07 Å². The minimum Gasteiger partial charge on any atom is -0.463 e. The van der Waals surface area contributed by atoms with Crippen LogP contribution in [0.5, 0.6) is 0 Å². The molecule has 0 aliphatic rings. The minimum atomic E-state index is -0.504. The molecule has 0 saturated heterocycles. The summed E-state index contributed by atoms with van der Waals surface area (Å²) in [6, 6.07) is 7.26. The largest absolute Gasteiger partial charge is 0.463 e. The van der Waals surface area contributed by atoms with Gasteiger partial charge in [0.25, 0.3) is 0 Å². The summed E-state index contributed by atoms with van der Waals surface area (Å²) in [7, 11) is 1.31. The van der Waals surface area contributed by atoms with Gasteiger partial charge in [0.2, 0.25) is 5.76 Å². The van der Waals surface area contributed by atoms with Crippen LogP contribution in [0.2, 0.25) is 0 Å². The summed E-state index contributed by atoms with van der Waals surface area (Å²) in [4.78, 5) is 22.3. The van der Waals surface area contributed by atoms with Crippen LogP contribution in [0.1, 0.15) is 32.2 Å². The van der Waals surface area contributed by atoms with E-state index in [4.69, 9.17) is 4.42 Å². The van der Waals surface area contributed by atoms with Crippen molar-refractivity contribution in [1.29, 1.82) is 0 Å². The number of methoxy groups -OCH3 is 1. The van der Waals surface area contributed by atoms with Gasteiger partial charge in [-0.15, -0.1) is 0 Å². The van der Waals surface area contributed by atoms with Crippen molar-refractivity contribution in [3.8, 4) is 0 Å². The quantitative estimate of drug-likeness (QED) is 0.546. The summed E-state index contributed by atoms with van der Waals surface area (Å²) in [5.74, 6) is -0.330. The molecule has 0 fully saturated rings. The molecule has 0 aliphatic carbocycles. The van der Waals surface area contributed by atoms with Crippen LogP contribution in [0.25, 0.3) is 11.0 Å². The Morgan fingerprint density at radius 1 is 1.41 bits per heavy atom. The first-order valence-electron chi connectivity index (χ1n) is 6.70. The average Bonchev–Trinajstić information content (AvgIpc) is 3.09. The molecular weight excluding hydrogens is 284 g/mol. The lowest BCUT2D eigenvalue weighted by Gasteiger charge is -2.01. The summed E-state index contributed by atoms with van der Waals surface area (Å²) in [6.07, 6.45) is 2.57. The van der Waals surface area contributed by atoms with Gasteiger partial charge in [0.15, 0.2) is 6.29 Å². The van der Waals surface area contributed by atoms with Crippen molar-refractivity contribution in [3.63, 3.8) is 0 Å². The number of carbonyl (C=O) groups is 2. The molecule has 0 atom stereocenters. The van der Waals surface area contributed by atoms with Gasteiger partial charge in [-0.3, -0.25) is 9.48 Å². The molecule has 2 heterocycles. The van der Waals surface area contributed by atoms with Gasteiger partial charge in [0, 0.05) is 11.6 Å². The number of fused-ring (bicyclic) bond motifs is 1. The van der Waals surface area contributed by atoms with E-state index in [1.165, 1.54) is 7.11 Å². The zero-order chi connectivity index (χ0) is 15.7. The lowest BCUT2D eigenvalue weighted by atomic mass is 10.1. The van der Waals surface area contributed by atoms with Gasteiger partial charge < -0.3 is 9.15 Å². The average molecular weight is 298 g/mol. The van der Waals surface area contributed by atoms with E-state index in [0.29, 0.717) is 17.8 Å². The molecule has 6 heteroatoms. The molecule has 3 aromatic rings. The highest BCUT2D eigenvalue weighted by atomic mass is 16.5. The number of carbonyl (C=O) groups excluding carboxylic acids is 2. The molecule has 3 rings (SSSR count). The highest BCUT2D eigenvalue weighted by Crippen LogP contribution is 2.22. The highest BCUT2D eigenvalue weighted by molar-refractivity contribution is 5.92. The molecule has 0 unspecified atom stereocenters. The molecule has 0 N–H and O–H groups in total. The number of rotatable bonds is 4. The van der Waals surface area contributed by atoms with Crippen LogP contribution in [0.3, 0.4) is 0 Å². The van der Waals surface area contributed by atoms with E-state index in [1.807, 2.05) is 25.3 Å². The Balaban J connectivity index is 1.90. The molecule has 0 spiro atoms. The lowest BCUT2D eigenvalue weighted by molar-refractivity contribution is 0.0567. The van der Waals surface area contributed by atoms with Crippen molar-refractivity contribution in [1.82, 2.24) is 9.78 Å². The van der Waals surface area contributed by atoms with Crippen molar-refractivity contribution in [2.45, 2.75) is 13.5 Å². The zero-order valence-electron chi connectivity index (χ0n) is 12.2. The monoisotopic (exact) mass is 298 g/mol. The van der Waals surface area contributed by atoms with Crippen LogP contribution < -0.4 is 0 Å². The van der Waals surface area contributed by atoms with E-state index >= 15 is 0 Å². The van der Waals surface area contributed by atoms with Crippen molar-refractivity contribution in [2.24, 2.45) is 0 Å². The third-order valence-electron chi connectivity index (χ3n) is 3.41. The fourth-order valence-corrected chi connectivity index (χ4v) is 2.31. The number of furan rings is 1. The highest BCUT2D eigenvalue weighted by Gasteiger charge is 2.13. The first-order chi connectivity index (χ1) is 10.6. The number of benzene rings is 1. The van der Waals surface area contributed by atoms with Crippen molar-refractivity contribution >= 4 is 23.2 Å². The smallest absolute Gasteiger partial charge is 0.373 e. The first-order valence-corrected chi connectivity index (χ1v) is 6.70. The van der Waals surface area contributed by atoms with Gasteiger partial charge >= 0.3 is 5.97 Å². The third kappa shape index (κ3) is 2.50. The molecular formula is C16H14N2O4. The first kappa shape index (κ1) is 14.1. The summed E-state index contributed by atoms with van der Waals surface area (Å²) >= 11 is 0. The minimum absolute atomic E-state index is 0.174. The predicted octanol–water partition coefficient (Wildman–Crippen LogP) is 2.59. The Morgan fingerprint density at radius 3 is 2.91 bits per heavy atom. The van der Waals surface area contributed by atoms with Crippen LogP contribution in [0.4, 0.5) is 0 Å². The molecule has 6 nitrogen and oxygen atoms in total. The Kier molecular flexibility index (Phi) is 3.50. The van der Waals surface area contributed by atoms with E-state index in [0.717, 1.165) is 22.8 Å². The van der Waals surface area contributed by atoms with E-state index < -0.39 is 5.97 Å². The van der Waals surface area contributed by atoms with Crippen molar-refractivity contribution in [2.75, 3.05) is 7.11 Å². The maximum Gasteiger partial charge on any atom is 0.373 e. The Morgan fingerprint density at radius 2 is 2.23 bits per heavy atom. The second-order valence-corrected chi connectivity index (χ2v) is 4.99. The Labute approximate surface area is 126 Å². The predicted molar refractivity (Wildman–Crippen MR) is 79.0 cm³/mol. The van der Waals surface area contributed by atoms with Gasteiger partial charge in [-0.25, -0.2) is 4.79 Å². The maximum absolute atomic E-state index is 11.5. The van der Waals surface area contributed by atoms with Crippen LogP contribution in [-0.4, -0.2) is 29.1 Å². The SMILES string of the molecule is COC(=O)c1cc2cc(Cn3cc(C)c(C=O)n3)ccc2o1. The van der Waals surface area contributed by atoms with Gasteiger partial charge in [0.1, 0.15) is 11.3 Å². The second-order valence-electron chi connectivity index (χ2n) is 4.99. The van der Waals surface area contributed by atoms with Crippen molar-refractivity contribution < 1.29 is 18.7 Å². The van der Waals surface area contributed by atoms with Gasteiger partial charge in [-0.2, -0.15) is 5.10 Å². The molecule has 0 amide bonds. The number of aldehydes is 1. The summed E-state index contributed by atoms with van der Waals surface area (Å²) in [6.45, 7) is 2.37. The third-order valence-corrected chi connectivity index (χ3v) is 3.41. The van der Waals surface area contributed by atoms with Crippen LogP contribution in [0.15, 0.2) is 34.9 Å². The molecule has 1 aromatic carbocycles. The van der Waals surface area contributed by atoms with E-state index in [1.54, 1.807) is 16.8 Å². The molecule has 112 valence electrons. The fraction of sp³-hybridized carbons (Fsp3) is 0.188. The molecule has 0 radical (unpaired) electrons. The summed E-state index contributed by atoms with van der Waals surface area (Å²) in [5, 5.41) is 5.02. The van der Waals surface area contributed by atoms with E-state index in [2.05, 4.69) is 9.84 Å². The zero-order valence-corrected chi connectivity index (χ0v) is 12.2. The van der Waals surface area contributed by atoms with Crippen molar-refractivity contribution in [3.05, 3.63) is 53.0 Å². The van der Waals surface area contributed by atoms with Crippen LogP contribution in [0, 0.1) is 6.92 Å². The Hall–Kier alpha value is -2.89. The van der Waals surface area contributed by atoms with Gasteiger partial charge in [-0.05, 0) is 36.2 Å². The molecule has 22 heavy (non-hydrogen) atoms. The molecule has 2 aromatic heterocycles. The normalized spacial score (nSPS) is 10.8. The van der Waals surface area contributed by atoms with E-state index in [-0.39, 0.29) is 5.76 Å². The molecule has 0 bridgehead atoms. The molecule has 0 saturated carbocycles. The number of ether oxygens (including phenoxy) is 1. The standard InChI is InChI=1S/C16H14N2O4/c1-10-7-18(17-13(10)9-19)8-11-3-4-14-12(5-11)6-15(22-14)16(20)21-2/h3-7,9H,8H2,1-2H3. The summed E-state index contributed by atoms with van der Waals surface area (Å²) < 4.78 is 11.8. The number of hydrogen-bond acceptors (Lipinski definition) is 5. The number of aryl methyl sites for hydroxylation is 1. The number of aromatic nitrogens is 2. The number of esters is 1. The Bertz CT molecular complexity index is 860. The molecule has 0 aliphatic heterocycles. The summed E-state index contributed by atoms with van der Waals surface area (Å²) in [5.41, 5.74) is 2.89. The van der Waals surface area contributed by atoms with Gasteiger partial charge in [0.05, 0.1) is 13.7 Å². The van der Waals surface area contributed by atoms with Crippen LogP contribution in [-0.2, 0) is 11.3 Å². The fourth-order valence-electron chi connectivity index (χ4n) is 2.31. The second kappa shape index (κ2) is 5.48. The topological polar surface area (TPSA) is 74.3 Å². The maximum atomic E-state index is 11.5.